The maximum atomic E-state index is 12.6. The van der Waals surface area contributed by atoms with Crippen molar-refractivity contribution in [1.29, 1.82) is 0 Å². The molecular weight excluding hydrogens is 327 g/mol. The molecule has 0 aliphatic heterocycles. The molecule has 1 aromatic rings. The molecule has 0 aromatic heterocycles. The van der Waals surface area contributed by atoms with Crippen LogP contribution in [0.2, 0.25) is 0 Å². The van der Waals surface area contributed by atoms with Gasteiger partial charge < -0.3 is 11.1 Å². The van der Waals surface area contributed by atoms with E-state index in [1.807, 2.05) is 0 Å². The highest BCUT2D eigenvalue weighted by Gasteiger charge is 2.31. The normalized spacial score (nSPS) is 12.2. The number of sulfonamides is 1. The zero-order valence-corrected chi connectivity index (χ0v) is 12.6. The molecule has 1 rings (SSSR count). The largest absolute Gasteiger partial charge is 0.416 e. The fourth-order valence-electron chi connectivity index (χ4n) is 1.51. The third kappa shape index (κ3) is 5.86. The summed E-state index contributed by atoms with van der Waals surface area (Å²) in [4.78, 5) is -0.181. The SMILES string of the molecule is CS(=O)(=O)NCCNc1ccc(C(F)(F)F)cc1C(N)=S. The summed E-state index contributed by atoms with van der Waals surface area (Å²) in [5.74, 6) is 0. The van der Waals surface area contributed by atoms with E-state index in [9.17, 15) is 21.6 Å². The molecule has 0 radical (unpaired) electrons. The van der Waals surface area contributed by atoms with Gasteiger partial charge >= 0.3 is 6.18 Å². The summed E-state index contributed by atoms with van der Waals surface area (Å²) in [6.45, 7) is 0.255. The van der Waals surface area contributed by atoms with E-state index < -0.39 is 21.8 Å². The predicted molar refractivity (Wildman–Crippen MR) is 78.7 cm³/mol. The fourth-order valence-corrected chi connectivity index (χ4v) is 2.15. The van der Waals surface area contributed by atoms with Crippen molar-refractivity contribution in [3.05, 3.63) is 29.3 Å². The third-order valence-electron chi connectivity index (χ3n) is 2.42. The zero-order valence-electron chi connectivity index (χ0n) is 11.0. The van der Waals surface area contributed by atoms with E-state index in [1.54, 1.807) is 0 Å². The van der Waals surface area contributed by atoms with Gasteiger partial charge in [-0.05, 0) is 18.2 Å². The van der Waals surface area contributed by atoms with Gasteiger partial charge in [0.15, 0.2) is 0 Å². The minimum atomic E-state index is -4.49. The molecule has 0 unspecified atom stereocenters. The Bertz CT molecular complexity index is 630. The lowest BCUT2D eigenvalue weighted by Crippen LogP contribution is -2.28. The lowest BCUT2D eigenvalue weighted by atomic mass is 10.1. The Morgan fingerprint density at radius 3 is 2.43 bits per heavy atom. The number of nitrogens with two attached hydrogens (primary N) is 1. The highest BCUT2D eigenvalue weighted by atomic mass is 32.2. The van der Waals surface area contributed by atoms with Crippen LogP contribution >= 0.6 is 12.2 Å². The summed E-state index contributed by atoms with van der Waals surface area (Å²) >= 11 is 4.73. The molecule has 0 spiro atoms. The lowest BCUT2D eigenvalue weighted by Gasteiger charge is -2.14. The topological polar surface area (TPSA) is 84.2 Å². The minimum absolute atomic E-state index is 0.0548. The first-order valence-electron chi connectivity index (χ1n) is 5.70. The first kappa shape index (κ1) is 17.7. The average molecular weight is 341 g/mol. The number of alkyl halides is 3. The smallest absolute Gasteiger partial charge is 0.389 e. The molecular formula is C11H14F3N3O2S2. The highest BCUT2D eigenvalue weighted by Crippen LogP contribution is 2.31. The average Bonchev–Trinajstić information content (AvgIpc) is 2.32. The van der Waals surface area contributed by atoms with Crippen molar-refractivity contribution >= 4 is 32.9 Å². The number of hydrogen-bond acceptors (Lipinski definition) is 4. The van der Waals surface area contributed by atoms with E-state index in [-0.39, 0.29) is 23.6 Å². The van der Waals surface area contributed by atoms with Crippen LogP contribution < -0.4 is 15.8 Å². The Morgan fingerprint density at radius 2 is 1.95 bits per heavy atom. The summed E-state index contributed by atoms with van der Waals surface area (Å²) in [6, 6.07) is 2.96. The minimum Gasteiger partial charge on any atom is -0.389 e. The Kier molecular flexibility index (Phi) is 5.54. The van der Waals surface area contributed by atoms with Crippen LogP contribution in [0.1, 0.15) is 11.1 Å². The molecule has 0 saturated carbocycles. The van der Waals surface area contributed by atoms with E-state index in [4.69, 9.17) is 18.0 Å². The van der Waals surface area contributed by atoms with E-state index in [0.29, 0.717) is 5.69 Å². The quantitative estimate of drug-likeness (QED) is 0.537. The number of nitrogens with one attached hydrogen (secondary N) is 2. The van der Waals surface area contributed by atoms with Crippen LogP contribution in [0.25, 0.3) is 0 Å². The van der Waals surface area contributed by atoms with Gasteiger partial charge in [-0.15, -0.1) is 0 Å². The molecule has 4 N–H and O–H groups in total. The number of rotatable bonds is 6. The molecule has 0 heterocycles. The van der Waals surface area contributed by atoms with Crippen LogP contribution in [0.3, 0.4) is 0 Å². The van der Waals surface area contributed by atoms with Crippen LogP contribution in [0.15, 0.2) is 18.2 Å². The van der Waals surface area contributed by atoms with E-state index in [0.717, 1.165) is 18.4 Å². The molecule has 0 amide bonds. The van der Waals surface area contributed by atoms with E-state index in [2.05, 4.69) is 10.0 Å². The maximum Gasteiger partial charge on any atom is 0.416 e. The first-order valence-corrected chi connectivity index (χ1v) is 8.00. The van der Waals surface area contributed by atoms with Gasteiger partial charge in [0.2, 0.25) is 10.0 Å². The van der Waals surface area contributed by atoms with E-state index in [1.165, 1.54) is 6.07 Å². The van der Waals surface area contributed by atoms with Crippen LogP contribution in [0.4, 0.5) is 18.9 Å². The van der Waals surface area contributed by atoms with Gasteiger partial charge in [0, 0.05) is 24.3 Å². The molecule has 10 heteroatoms. The van der Waals surface area contributed by atoms with Gasteiger partial charge in [-0.3, -0.25) is 0 Å². The molecule has 1 aromatic carbocycles. The van der Waals surface area contributed by atoms with Crippen molar-refractivity contribution in [3.63, 3.8) is 0 Å². The molecule has 21 heavy (non-hydrogen) atoms. The Labute approximate surface area is 125 Å². The number of thiocarbonyl (C=S) groups is 1. The summed E-state index contributed by atoms with van der Waals surface area (Å²) in [5, 5.41) is 2.78. The number of halogens is 3. The van der Waals surface area contributed by atoms with Crippen molar-refractivity contribution in [3.8, 4) is 0 Å². The Balaban J connectivity index is 2.85. The van der Waals surface area contributed by atoms with Crippen LogP contribution in [0.5, 0.6) is 0 Å². The molecule has 118 valence electrons. The second-order valence-electron chi connectivity index (χ2n) is 4.22. The third-order valence-corrected chi connectivity index (χ3v) is 3.37. The van der Waals surface area contributed by atoms with Crippen LogP contribution in [-0.4, -0.2) is 32.8 Å². The van der Waals surface area contributed by atoms with Crippen molar-refractivity contribution < 1.29 is 21.6 Å². The molecule has 0 saturated heterocycles. The summed E-state index contributed by atoms with van der Waals surface area (Å²) in [7, 11) is -3.32. The van der Waals surface area contributed by atoms with Gasteiger partial charge in [-0.2, -0.15) is 13.2 Å². The predicted octanol–water partition coefficient (Wildman–Crippen LogP) is 1.30. The molecule has 5 nitrogen and oxygen atoms in total. The molecule has 0 fully saturated rings. The van der Waals surface area contributed by atoms with Crippen molar-refractivity contribution in [2.75, 3.05) is 24.7 Å². The highest BCUT2D eigenvalue weighted by molar-refractivity contribution is 7.88. The number of hydrogen-bond donors (Lipinski definition) is 3. The van der Waals surface area contributed by atoms with Crippen LogP contribution in [-0.2, 0) is 16.2 Å². The van der Waals surface area contributed by atoms with Gasteiger partial charge in [-0.25, -0.2) is 13.1 Å². The molecule has 0 aliphatic carbocycles. The summed E-state index contributed by atoms with van der Waals surface area (Å²) in [5.41, 5.74) is 4.92. The van der Waals surface area contributed by atoms with Gasteiger partial charge in [-0.1, -0.05) is 12.2 Å². The fraction of sp³-hybridized carbons (Fsp3) is 0.364. The summed E-state index contributed by atoms with van der Waals surface area (Å²) < 4.78 is 61.8. The van der Waals surface area contributed by atoms with Crippen LogP contribution in [0, 0.1) is 0 Å². The standard InChI is InChI=1S/C11H14F3N3O2S2/c1-21(18,19)17-5-4-16-9-3-2-7(11(12,13)14)6-8(9)10(15)20/h2-3,6,16-17H,4-5H2,1H3,(H2,15,20). The Morgan fingerprint density at radius 1 is 1.33 bits per heavy atom. The van der Waals surface area contributed by atoms with Gasteiger partial charge in [0.05, 0.1) is 11.8 Å². The second-order valence-corrected chi connectivity index (χ2v) is 6.49. The van der Waals surface area contributed by atoms with Crippen molar-refractivity contribution in [2.24, 2.45) is 5.73 Å². The molecule has 0 bridgehead atoms. The summed E-state index contributed by atoms with van der Waals surface area (Å²) in [6.07, 6.45) is -3.48. The van der Waals surface area contributed by atoms with Gasteiger partial charge in [0.1, 0.15) is 4.99 Å². The van der Waals surface area contributed by atoms with E-state index >= 15 is 0 Å². The zero-order chi connectivity index (χ0) is 16.3. The first-order chi connectivity index (χ1) is 9.50. The number of benzene rings is 1. The number of anilines is 1. The monoisotopic (exact) mass is 341 g/mol. The second kappa shape index (κ2) is 6.58. The Hall–Kier alpha value is -1.39. The van der Waals surface area contributed by atoms with Crippen molar-refractivity contribution in [1.82, 2.24) is 4.72 Å². The molecule has 0 atom stereocenters. The van der Waals surface area contributed by atoms with Crippen molar-refractivity contribution in [2.45, 2.75) is 6.18 Å². The maximum absolute atomic E-state index is 12.6. The van der Waals surface area contributed by atoms with Gasteiger partial charge in [0.25, 0.3) is 0 Å². The molecule has 0 aliphatic rings. The lowest BCUT2D eigenvalue weighted by molar-refractivity contribution is -0.137.